The molecule has 1 fully saturated rings. The second-order valence-corrected chi connectivity index (χ2v) is 15.4. The quantitative estimate of drug-likeness (QED) is 0.165. The number of hydrogen-bond donors (Lipinski definition) is 1. The molecule has 0 radical (unpaired) electrons. The Morgan fingerprint density at radius 1 is 1.04 bits per heavy atom. The van der Waals surface area contributed by atoms with E-state index in [0.717, 1.165) is 6.07 Å². The van der Waals surface area contributed by atoms with E-state index in [4.69, 9.17) is 9.47 Å². The van der Waals surface area contributed by atoms with Gasteiger partial charge in [0.05, 0.1) is 23.6 Å². The van der Waals surface area contributed by atoms with Crippen LogP contribution in [0.25, 0.3) is 22.0 Å². The predicted octanol–water partition coefficient (Wildman–Crippen LogP) is 7.65. The minimum atomic E-state index is -4.39. The van der Waals surface area contributed by atoms with Gasteiger partial charge in [-0.15, -0.1) is 0 Å². The zero-order chi connectivity index (χ0) is 36.4. The molecule has 0 bridgehead atoms. The zero-order valence-electron chi connectivity index (χ0n) is 28.3. The van der Waals surface area contributed by atoms with Gasteiger partial charge in [0.2, 0.25) is 11.8 Å². The number of aryl methyl sites for hydroxylation is 1. The van der Waals surface area contributed by atoms with E-state index in [0.29, 0.717) is 22.2 Å². The number of benzene rings is 2. The van der Waals surface area contributed by atoms with Crippen LogP contribution in [0.15, 0.2) is 54.9 Å². The molecule has 1 saturated heterocycles. The summed E-state index contributed by atoms with van der Waals surface area (Å²) in [6, 6.07) is 10.2. The van der Waals surface area contributed by atoms with Gasteiger partial charge in [-0.25, -0.2) is 45.7 Å². The number of fused-ring (bicyclic) bond motifs is 1. The number of nitrogens with zero attached hydrogens (tertiary/aromatic N) is 4. The maximum absolute atomic E-state index is 15.1. The molecule has 2 aromatic carbocycles. The van der Waals surface area contributed by atoms with Gasteiger partial charge in [-0.1, -0.05) is 19.1 Å². The van der Waals surface area contributed by atoms with Crippen molar-refractivity contribution < 1.29 is 40.2 Å². The summed E-state index contributed by atoms with van der Waals surface area (Å²) in [5.41, 5.74) is 0.487. The van der Waals surface area contributed by atoms with Gasteiger partial charge in [0.25, 0.3) is 5.92 Å². The van der Waals surface area contributed by atoms with Crippen molar-refractivity contribution in [2.75, 3.05) is 24.2 Å². The number of ether oxygens (including phenoxy) is 2. The first kappa shape index (κ1) is 36.7. The highest BCUT2D eigenvalue weighted by Gasteiger charge is 2.35. The molecule has 1 aliphatic rings. The molecule has 50 heavy (non-hydrogen) atoms. The van der Waals surface area contributed by atoms with Gasteiger partial charge >= 0.3 is 6.09 Å². The van der Waals surface area contributed by atoms with Crippen molar-refractivity contribution in [2.45, 2.75) is 77.0 Å². The summed E-state index contributed by atoms with van der Waals surface area (Å²) in [6.07, 6.45) is 0.564. The SMILES string of the molecule is CCC(F)(F)CS(=O)(=O)Cc1c(F)ccc2c(Oc3ncccc3-c3ccnc(NC4CC(F)CN(C(=O)OC(C)(C)C)C4)n3)c(C)ccc12. The summed E-state index contributed by atoms with van der Waals surface area (Å²) >= 11 is 0. The Morgan fingerprint density at radius 3 is 2.50 bits per heavy atom. The Kier molecular flexibility index (Phi) is 10.6. The fourth-order valence-corrected chi connectivity index (χ4v) is 7.32. The van der Waals surface area contributed by atoms with Crippen molar-refractivity contribution in [3.05, 3.63) is 71.8 Å². The molecule has 268 valence electrons. The number of carbonyl (C=O) groups is 1. The first-order valence-electron chi connectivity index (χ1n) is 16.1. The highest BCUT2D eigenvalue weighted by molar-refractivity contribution is 7.90. The van der Waals surface area contributed by atoms with Crippen LogP contribution in [0.1, 0.15) is 51.7 Å². The van der Waals surface area contributed by atoms with Gasteiger partial charge in [-0.05, 0) is 69.0 Å². The van der Waals surface area contributed by atoms with E-state index >= 15 is 4.39 Å². The summed E-state index contributed by atoms with van der Waals surface area (Å²) < 4.78 is 95.0. The van der Waals surface area contributed by atoms with Crippen molar-refractivity contribution in [1.82, 2.24) is 19.9 Å². The second-order valence-electron chi connectivity index (χ2n) is 13.4. The van der Waals surface area contributed by atoms with Crippen LogP contribution >= 0.6 is 0 Å². The van der Waals surface area contributed by atoms with Gasteiger partial charge in [-0.2, -0.15) is 0 Å². The lowest BCUT2D eigenvalue weighted by molar-refractivity contribution is 0.0123. The summed E-state index contributed by atoms with van der Waals surface area (Å²) in [5, 5.41) is 3.66. The van der Waals surface area contributed by atoms with Gasteiger partial charge < -0.3 is 19.7 Å². The van der Waals surface area contributed by atoms with Crippen LogP contribution in [0.2, 0.25) is 0 Å². The van der Waals surface area contributed by atoms with Crippen LogP contribution in [-0.2, 0) is 20.3 Å². The molecule has 2 unspecified atom stereocenters. The van der Waals surface area contributed by atoms with Crippen LogP contribution in [0, 0.1) is 12.7 Å². The molecule has 1 N–H and O–H groups in total. The van der Waals surface area contributed by atoms with Crippen LogP contribution in [0.3, 0.4) is 0 Å². The largest absolute Gasteiger partial charge is 0.444 e. The van der Waals surface area contributed by atoms with Crippen molar-refractivity contribution in [2.24, 2.45) is 0 Å². The Hall–Kier alpha value is -4.53. The van der Waals surface area contributed by atoms with E-state index in [-0.39, 0.29) is 48.0 Å². The number of sulfone groups is 1. The lowest BCUT2D eigenvalue weighted by atomic mass is 10.0. The number of piperidine rings is 1. The molecule has 0 spiro atoms. The number of alkyl halides is 3. The number of carbonyl (C=O) groups excluding carboxylic acids is 1. The molecule has 2 atom stereocenters. The first-order valence-corrected chi connectivity index (χ1v) is 17.9. The molecule has 10 nitrogen and oxygen atoms in total. The van der Waals surface area contributed by atoms with Crippen molar-refractivity contribution >= 4 is 32.7 Å². The third kappa shape index (κ3) is 8.97. The van der Waals surface area contributed by atoms with Crippen LogP contribution in [0.4, 0.5) is 28.3 Å². The summed E-state index contributed by atoms with van der Waals surface area (Å²) in [4.78, 5) is 27.2. The highest BCUT2D eigenvalue weighted by Crippen LogP contribution is 2.39. The second kappa shape index (κ2) is 14.4. The minimum absolute atomic E-state index is 0.0866. The summed E-state index contributed by atoms with van der Waals surface area (Å²) in [7, 11) is -4.39. The number of halogens is 4. The molecule has 3 heterocycles. The lowest BCUT2D eigenvalue weighted by Crippen LogP contribution is -2.51. The maximum atomic E-state index is 15.1. The smallest absolute Gasteiger partial charge is 0.410 e. The number of hydrogen-bond acceptors (Lipinski definition) is 9. The van der Waals surface area contributed by atoms with E-state index in [1.54, 1.807) is 52.0 Å². The Bertz CT molecular complexity index is 1990. The number of rotatable bonds is 10. The van der Waals surface area contributed by atoms with Crippen molar-refractivity contribution in [3.8, 4) is 22.9 Å². The fourth-order valence-electron chi connectivity index (χ4n) is 5.64. The summed E-state index contributed by atoms with van der Waals surface area (Å²) in [6.45, 7) is 8.23. The van der Waals surface area contributed by atoms with Crippen LogP contribution < -0.4 is 10.1 Å². The number of likely N-dealkylation sites (tertiary alicyclic amines) is 1. The van der Waals surface area contributed by atoms with Gasteiger partial charge in [0.15, 0.2) is 9.84 Å². The average molecular weight is 718 g/mol. The van der Waals surface area contributed by atoms with E-state index in [2.05, 4.69) is 20.3 Å². The topological polar surface area (TPSA) is 124 Å². The Balaban J connectivity index is 1.42. The zero-order valence-corrected chi connectivity index (χ0v) is 29.2. The molecule has 0 aliphatic carbocycles. The molecule has 1 amide bonds. The van der Waals surface area contributed by atoms with Crippen LogP contribution in [0.5, 0.6) is 11.6 Å². The van der Waals surface area contributed by atoms with Crippen molar-refractivity contribution in [1.29, 1.82) is 0 Å². The Morgan fingerprint density at radius 2 is 1.78 bits per heavy atom. The number of amides is 1. The highest BCUT2D eigenvalue weighted by atomic mass is 32.2. The number of anilines is 1. The van der Waals surface area contributed by atoms with Crippen molar-refractivity contribution in [3.63, 3.8) is 0 Å². The number of aromatic nitrogens is 3. The summed E-state index contributed by atoms with van der Waals surface area (Å²) in [5.74, 6) is -6.05. The van der Waals surface area contributed by atoms with Gasteiger partial charge in [0.1, 0.15) is 29.1 Å². The molecule has 15 heteroatoms. The van der Waals surface area contributed by atoms with E-state index in [1.165, 1.54) is 36.4 Å². The molecular weight excluding hydrogens is 678 g/mol. The number of pyridine rings is 1. The van der Waals surface area contributed by atoms with Gasteiger partial charge in [-0.3, -0.25) is 0 Å². The maximum Gasteiger partial charge on any atom is 0.410 e. The third-order valence-corrected chi connectivity index (χ3v) is 9.59. The lowest BCUT2D eigenvalue weighted by Gasteiger charge is -2.36. The molecule has 1 aliphatic heterocycles. The van der Waals surface area contributed by atoms with E-state index in [9.17, 15) is 26.4 Å². The first-order chi connectivity index (χ1) is 23.4. The minimum Gasteiger partial charge on any atom is -0.444 e. The molecule has 5 rings (SSSR count). The standard InChI is InChI=1S/C35H39F4N5O5S/c1-6-35(38,39)20-50(46,47)19-27-24-10-9-21(2)30(25(24)11-12-28(27)37)48-31-26(8-7-14-40-31)29-13-15-41-32(43-29)42-23-16-22(36)17-44(18-23)33(45)49-34(3,4)5/h7-15,22-23H,6,16-20H2,1-5H3,(H,41,42,43). The Labute approximate surface area is 288 Å². The van der Waals surface area contributed by atoms with E-state index in [1.807, 2.05) is 0 Å². The van der Waals surface area contributed by atoms with Gasteiger partial charge in [0, 0.05) is 48.8 Å². The van der Waals surface area contributed by atoms with E-state index < -0.39 is 63.4 Å². The number of nitrogens with one attached hydrogen (secondary N) is 1. The van der Waals surface area contributed by atoms with Crippen LogP contribution in [-0.4, -0.2) is 76.9 Å². The average Bonchev–Trinajstić information content (AvgIpc) is 3.02. The molecule has 0 saturated carbocycles. The predicted molar refractivity (Wildman–Crippen MR) is 181 cm³/mol. The normalized spacial score (nSPS) is 17.1. The molecule has 4 aromatic rings. The monoisotopic (exact) mass is 717 g/mol. The molecular formula is C35H39F4N5O5S. The molecule has 2 aromatic heterocycles. The fraction of sp³-hybridized carbons (Fsp3) is 0.429. The third-order valence-electron chi connectivity index (χ3n) is 8.00.